The SMILES string of the molecule is O=C(NCCCn1cncn1)c1cc[c]cc1. The van der Waals surface area contributed by atoms with Crippen molar-refractivity contribution in [1.29, 1.82) is 0 Å². The molecule has 0 unspecified atom stereocenters. The number of carbonyl (C=O) groups excluding carboxylic acids is 1. The van der Waals surface area contributed by atoms with Crippen molar-refractivity contribution in [2.45, 2.75) is 13.0 Å². The van der Waals surface area contributed by atoms with E-state index in [2.05, 4.69) is 21.5 Å². The van der Waals surface area contributed by atoms with Gasteiger partial charge < -0.3 is 5.32 Å². The molecule has 0 aliphatic carbocycles. The Morgan fingerprint density at radius 1 is 1.41 bits per heavy atom. The largest absolute Gasteiger partial charge is 0.352 e. The molecule has 0 saturated carbocycles. The third-order valence-corrected chi connectivity index (χ3v) is 2.30. The van der Waals surface area contributed by atoms with Crippen molar-refractivity contribution < 1.29 is 4.79 Å². The summed E-state index contributed by atoms with van der Waals surface area (Å²) in [5, 5.41) is 6.83. The molecule has 0 aliphatic rings. The number of carbonyl (C=O) groups is 1. The highest BCUT2D eigenvalue weighted by molar-refractivity contribution is 5.94. The first-order chi connectivity index (χ1) is 8.36. The Bertz CT molecular complexity index is 453. The highest BCUT2D eigenvalue weighted by atomic mass is 16.1. The standard InChI is InChI=1S/C12H13N4O/c17-12(11-5-2-1-3-6-11)14-7-4-8-16-10-13-9-15-16/h2-3,5-6,9-10H,4,7-8H2,(H,14,17). The summed E-state index contributed by atoms with van der Waals surface area (Å²) >= 11 is 0. The first-order valence-corrected chi connectivity index (χ1v) is 5.43. The highest BCUT2D eigenvalue weighted by Gasteiger charge is 2.02. The van der Waals surface area contributed by atoms with E-state index in [4.69, 9.17) is 0 Å². The van der Waals surface area contributed by atoms with E-state index in [0.29, 0.717) is 12.1 Å². The highest BCUT2D eigenvalue weighted by Crippen LogP contribution is 1.97. The molecule has 5 nitrogen and oxygen atoms in total. The summed E-state index contributed by atoms with van der Waals surface area (Å²) in [6, 6.07) is 9.81. The number of rotatable bonds is 5. The quantitative estimate of drug-likeness (QED) is 0.775. The number of aryl methyl sites for hydroxylation is 1. The molecular formula is C12H13N4O. The van der Waals surface area contributed by atoms with E-state index >= 15 is 0 Å². The molecule has 17 heavy (non-hydrogen) atoms. The average molecular weight is 229 g/mol. The van der Waals surface area contributed by atoms with E-state index in [0.717, 1.165) is 13.0 Å². The van der Waals surface area contributed by atoms with Gasteiger partial charge in [-0.2, -0.15) is 5.10 Å². The maximum atomic E-state index is 11.6. The molecule has 5 heteroatoms. The molecule has 2 aromatic rings. The first-order valence-electron chi connectivity index (χ1n) is 5.43. The summed E-state index contributed by atoms with van der Waals surface area (Å²) in [4.78, 5) is 15.5. The maximum absolute atomic E-state index is 11.6. The predicted molar refractivity (Wildman–Crippen MR) is 62.3 cm³/mol. The van der Waals surface area contributed by atoms with Crippen LogP contribution in [0.4, 0.5) is 0 Å². The number of hydrogen-bond acceptors (Lipinski definition) is 3. The Labute approximate surface area is 99.5 Å². The van der Waals surface area contributed by atoms with Gasteiger partial charge in [-0.25, -0.2) is 4.98 Å². The summed E-state index contributed by atoms with van der Waals surface area (Å²) in [5.41, 5.74) is 0.657. The zero-order valence-corrected chi connectivity index (χ0v) is 9.34. The van der Waals surface area contributed by atoms with E-state index in [1.807, 2.05) is 0 Å². The summed E-state index contributed by atoms with van der Waals surface area (Å²) in [6.07, 6.45) is 3.99. The molecule has 0 bridgehead atoms. The lowest BCUT2D eigenvalue weighted by atomic mass is 10.2. The Kier molecular flexibility index (Phi) is 3.85. The third-order valence-electron chi connectivity index (χ3n) is 2.30. The van der Waals surface area contributed by atoms with Crippen molar-refractivity contribution in [2.24, 2.45) is 0 Å². The number of benzene rings is 1. The lowest BCUT2D eigenvalue weighted by Crippen LogP contribution is -2.25. The second kappa shape index (κ2) is 5.79. The van der Waals surface area contributed by atoms with Gasteiger partial charge in [0.25, 0.3) is 5.91 Å². The zero-order valence-electron chi connectivity index (χ0n) is 9.34. The normalized spacial score (nSPS) is 10.1. The van der Waals surface area contributed by atoms with Gasteiger partial charge in [-0.05, 0) is 24.6 Å². The van der Waals surface area contributed by atoms with E-state index < -0.39 is 0 Å². The van der Waals surface area contributed by atoms with Gasteiger partial charge in [0, 0.05) is 18.7 Å². The van der Waals surface area contributed by atoms with E-state index in [1.54, 1.807) is 35.3 Å². The zero-order chi connectivity index (χ0) is 11.9. The molecule has 0 saturated heterocycles. The molecule has 1 N–H and O–H groups in total. The minimum atomic E-state index is -0.0578. The Hall–Kier alpha value is -2.17. The van der Waals surface area contributed by atoms with Gasteiger partial charge in [0.05, 0.1) is 0 Å². The van der Waals surface area contributed by atoms with Crippen LogP contribution >= 0.6 is 0 Å². The molecule has 87 valence electrons. The Morgan fingerprint density at radius 2 is 2.24 bits per heavy atom. The molecule has 0 spiro atoms. The van der Waals surface area contributed by atoms with Crippen LogP contribution in [0, 0.1) is 6.07 Å². The minimum Gasteiger partial charge on any atom is -0.352 e. The second-order valence-electron chi connectivity index (χ2n) is 3.56. The van der Waals surface area contributed by atoms with Crippen molar-refractivity contribution in [3.05, 3.63) is 48.5 Å². The fraction of sp³-hybridized carbons (Fsp3) is 0.250. The molecule has 1 aromatic carbocycles. The lowest BCUT2D eigenvalue weighted by molar-refractivity contribution is 0.0952. The monoisotopic (exact) mass is 229 g/mol. The van der Waals surface area contributed by atoms with Gasteiger partial charge in [-0.15, -0.1) is 0 Å². The smallest absolute Gasteiger partial charge is 0.251 e. The number of aromatic nitrogens is 3. The van der Waals surface area contributed by atoms with Crippen LogP contribution in [0.5, 0.6) is 0 Å². The topological polar surface area (TPSA) is 59.8 Å². The third kappa shape index (κ3) is 3.41. The number of hydrogen-bond donors (Lipinski definition) is 1. The van der Waals surface area contributed by atoms with Gasteiger partial charge in [0.15, 0.2) is 0 Å². The summed E-state index contributed by atoms with van der Waals surface area (Å²) < 4.78 is 1.74. The summed E-state index contributed by atoms with van der Waals surface area (Å²) in [7, 11) is 0. The predicted octanol–water partition coefficient (Wildman–Crippen LogP) is 0.898. The fourth-order valence-corrected chi connectivity index (χ4v) is 1.43. The lowest BCUT2D eigenvalue weighted by Gasteiger charge is -2.04. The van der Waals surface area contributed by atoms with Crippen LogP contribution in [0.2, 0.25) is 0 Å². The molecule has 1 heterocycles. The second-order valence-corrected chi connectivity index (χ2v) is 3.56. The minimum absolute atomic E-state index is 0.0578. The van der Waals surface area contributed by atoms with Gasteiger partial charge in [-0.3, -0.25) is 9.48 Å². The van der Waals surface area contributed by atoms with Crippen molar-refractivity contribution in [3.63, 3.8) is 0 Å². The van der Waals surface area contributed by atoms with Crippen LogP contribution in [0.1, 0.15) is 16.8 Å². The maximum Gasteiger partial charge on any atom is 0.251 e. The fourth-order valence-electron chi connectivity index (χ4n) is 1.43. The van der Waals surface area contributed by atoms with Crippen molar-refractivity contribution >= 4 is 5.91 Å². The van der Waals surface area contributed by atoms with Crippen molar-refractivity contribution in [2.75, 3.05) is 6.54 Å². The van der Waals surface area contributed by atoms with E-state index in [9.17, 15) is 4.79 Å². The van der Waals surface area contributed by atoms with Crippen LogP contribution in [0.15, 0.2) is 36.9 Å². The summed E-state index contributed by atoms with van der Waals surface area (Å²) in [5.74, 6) is -0.0578. The van der Waals surface area contributed by atoms with Gasteiger partial charge in [0.2, 0.25) is 0 Å². The summed E-state index contributed by atoms with van der Waals surface area (Å²) in [6.45, 7) is 1.38. The molecule has 0 fully saturated rings. The average Bonchev–Trinajstić information content (AvgIpc) is 2.88. The molecule has 1 amide bonds. The van der Waals surface area contributed by atoms with Crippen LogP contribution in [-0.4, -0.2) is 27.2 Å². The van der Waals surface area contributed by atoms with Crippen molar-refractivity contribution in [1.82, 2.24) is 20.1 Å². The molecule has 1 aromatic heterocycles. The van der Waals surface area contributed by atoms with Gasteiger partial charge >= 0.3 is 0 Å². The van der Waals surface area contributed by atoms with Gasteiger partial charge in [-0.1, -0.05) is 12.1 Å². The number of amides is 1. The van der Waals surface area contributed by atoms with E-state index in [-0.39, 0.29) is 5.91 Å². The molecular weight excluding hydrogens is 216 g/mol. The van der Waals surface area contributed by atoms with E-state index in [1.165, 1.54) is 6.33 Å². The molecule has 2 rings (SSSR count). The van der Waals surface area contributed by atoms with Gasteiger partial charge in [0.1, 0.15) is 12.7 Å². The molecule has 0 aliphatic heterocycles. The van der Waals surface area contributed by atoms with Crippen LogP contribution in [0.25, 0.3) is 0 Å². The van der Waals surface area contributed by atoms with Crippen LogP contribution < -0.4 is 5.32 Å². The molecule has 0 atom stereocenters. The Morgan fingerprint density at radius 3 is 2.94 bits per heavy atom. The van der Waals surface area contributed by atoms with Crippen molar-refractivity contribution in [3.8, 4) is 0 Å². The van der Waals surface area contributed by atoms with Crippen LogP contribution in [-0.2, 0) is 6.54 Å². The molecule has 1 radical (unpaired) electrons. The first kappa shape index (κ1) is 11.3. The number of nitrogens with one attached hydrogen (secondary N) is 1. The van der Waals surface area contributed by atoms with Crippen LogP contribution in [0.3, 0.4) is 0 Å². The Balaban J connectivity index is 1.70. The number of nitrogens with zero attached hydrogens (tertiary/aromatic N) is 3.